The lowest BCUT2D eigenvalue weighted by molar-refractivity contribution is -0.118. The van der Waals surface area contributed by atoms with Gasteiger partial charge in [0, 0.05) is 6.54 Å². The maximum Gasteiger partial charge on any atom is 0.235 e. The van der Waals surface area contributed by atoms with E-state index in [1.165, 1.54) is 0 Å². The molecule has 1 atom stereocenters. The fourth-order valence-corrected chi connectivity index (χ4v) is 3.07. The minimum Gasteiger partial charge on any atom is -0.355 e. The molecular weight excluding hydrogens is 288 g/mol. The molecule has 6 heteroatoms. The van der Waals surface area contributed by atoms with Gasteiger partial charge in [-0.2, -0.15) is 0 Å². The number of hydrogen-bond acceptors (Lipinski definition) is 4. The van der Waals surface area contributed by atoms with Gasteiger partial charge in [-0.05, 0) is 30.9 Å². The molecule has 0 aliphatic heterocycles. The molecule has 5 nitrogen and oxygen atoms in total. The summed E-state index contributed by atoms with van der Waals surface area (Å²) in [6.07, 6.45) is 1.23. The van der Waals surface area contributed by atoms with Crippen molar-refractivity contribution >= 4 is 15.7 Å². The van der Waals surface area contributed by atoms with Gasteiger partial charge in [0.1, 0.15) is 5.75 Å². The van der Waals surface area contributed by atoms with Crippen molar-refractivity contribution in [3.63, 3.8) is 0 Å². The van der Waals surface area contributed by atoms with Gasteiger partial charge in [-0.1, -0.05) is 37.3 Å². The Kier molecular flexibility index (Phi) is 7.39. The molecule has 0 saturated heterocycles. The monoisotopic (exact) mass is 312 g/mol. The van der Waals surface area contributed by atoms with Crippen LogP contribution in [0.4, 0.5) is 0 Å². The van der Waals surface area contributed by atoms with Crippen LogP contribution in [0, 0.1) is 5.92 Å². The first-order valence-corrected chi connectivity index (χ1v) is 8.96. The number of rotatable bonds is 9. The molecule has 118 valence electrons. The van der Waals surface area contributed by atoms with E-state index in [0.717, 1.165) is 5.56 Å². The van der Waals surface area contributed by atoms with E-state index in [4.69, 9.17) is 5.73 Å². The zero-order valence-electron chi connectivity index (χ0n) is 12.4. The van der Waals surface area contributed by atoms with Gasteiger partial charge in [0.15, 0.2) is 9.84 Å². The highest BCUT2D eigenvalue weighted by molar-refractivity contribution is 7.92. The second kappa shape index (κ2) is 8.79. The van der Waals surface area contributed by atoms with Crippen molar-refractivity contribution in [1.82, 2.24) is 5.32 Å². The zero-order chi connectivity index (χ0) is 15.7. The van der Waals surface area contributed by atoms with Crippen molar-refractivity contribution in [2.75, 3.05) is 24.6 Å². The smallest absolute Gasteiger partial charge is 0.235 e. The van der Waals surface area contributed by atoms with E-state index in [-0.39, 0.29) is 11.7 Å². The van der Waals surface area contributed by atoms with Crippen molar-refractivity contribution in [2.45, 2.75) is 19.8 Å². The molecular formula is C15H24N2O3S. The highest BCUT2D eigenvalue weighted by atomic mass is 32.2. The third-order valence-corrected chi connectivity index (χ3v) is 4.78. The molecule has 0 fully saturated rings. The number of aryl methyl sites for hydroxylation is 1. The minimum absolute atomic E-state index is 0.0295. The van der Waals surface area contributed by atoms with Gasteiger partial charge in [-0.15, -0.1) is 0 Å². The average molecular weight is 312 g/mol. The van der Waals surface area contributed by atoms with Crippen molar-refractivity contribution in [1.29, 1.82) is 0 Å². The molecule has 0 aliphatic carbocycles. The predicted octanol–water partition coefficient (Wildman–Crippen LogP) is 0.745. The third-order valence-electron chi connectivity index (χ3n) is 3.16. The lowest BCUT2D eigenvalue weighted by Crippen LogP contribution is -2.35. The molecule has 1 aromatic carbocycles. The third kappa shape index (κ3) is 7.82. The number of benzene rings is 1. The van der Waals surface area contributed by atoms with Crippen LogP contribution in [-0.4, -0.2) is 38.9 Å². The SMILES string of the molecule is CC(CN)CNC(=O)CS(=O)(=O)CCCc1ccccc1. The Hall–Kier alpha value is -1.40. The van der Waals surface area contributed by atoms with Gasteiger partial charge in [0.05, 0.1) is 5.75 Å². The lowest BCUT2D eigenvalue weighted by atomic mass is 10.1. The van der Waals surface area contributed by atoms with Crippen molar-refractivity contribution in [2.24, 2.45) is 11.7 Å². The maximum absolute atomic E-state index is 11.9. The standard InChI is InChI=1S/C15H24N2O3S/c1-13(10-16)11-17-15(18)12-21(19,20)9-5-8-14-6-3-2-4-7-14/h2-4,6-7,13H,5,8-12,16H2,1H3,(H,17,18). The molecule has 3 N–H and O–H groups in total. The highest BCUT2D eigenvalue weighted by Crippen LogP contribution is 2.04. The van der Waals surface area contributed by atoms with Gasteiger partial charge in [-0.25, -0.2) is 8.42 Å². The average Bonchev–Trinajstić information content (AvgIpc) is 2.45. The Balaban J connectivity index is 2.31. The van der Waals surface area contributed by atoms with Gasteiger partial charge in [0.25, 0.3) is 0 Å². The molecule has 0 bridgehead atoms. The van der Waals surface area contributed by atoms with E-state index in [0.29, 0.717) is 25.9 Å². The summed E-state index contributed by atoms with van der Waals surface area (Å²) in [5.41, 5.74) is 6.54. The first kappa shape index (κ1) is 17.7. The van der Waals surface area contributed by atoms with Crippen molar-refractivity contribution in [3.05, 3.63) is 35.9 Å². The topological polar surface area (TPSA) is 89.3 Å². The van der Waals surface area contributed by atoms with Gasteiger partial charge in [0.2, 0.25) is 5.91 Å². The molecule has 0 heterocycles. The summed E-state index contributed by atoms with van der Waals surface area (Å²) in [5, 5.41) is 2.60. The van der Waals surface area contributed by atoms with Crippen LogP contribution in [0.5, 0.6) is 0 Å². The van der Waals surface area contributed by atoms with Crippen LogP contribution >= 0.6 is 0 Å². The Morgan fingerprint density at radius 3 is 2.57 bits per heavy atom. The Morgan fingerprint density at radius 1 is 1.29 bits per heavy atom. The summed E-state index contributed by atoms with van der Waals surface area (Å²) < 4.78 is 23.7. The number of amides is 1. The van der Waals surface area contributed by atoms with Gasteiger partial charge in [-0.3, -0.25) is 4.79 Å². The predicted molar refractivity (Wildman–Crippen MR) is 84.6 cm³/mol. The second-order valence-electron chi connectivity index (χ2n) is 5.33. The molecule has 0 saturated carbocycles. The van der Waals surface area contributed by atoms with Gasteiger partial charge < -0.3 is 11.1 Å². The quantitative estimate of drug-likeness (QED) is 0.704. The van der Waals surface area contributed by atoms with Crippen LogP contribution in [0.15, 0.2) is 30.3 Å². The summed E-state index contributed by atoms with van der Waals surface area (Å²) in [7, 11) is -3.35. The number of carbonyl (C=O) groups is 1. The summed E-state index contributed by atoms with van der Waals surface area (Å²) in [6, 6.07) is 9.71. The number of carbonyl (C=O) groups excluding carboxylic acids is 1. The van der Waals surface area contributed by atoms with E-state index < -0.39 is 21.5 Å². The van der Waals surface area contributed by atoms with Crippen LogP contribution in [0.1, 0.15) is 18.9 Å². The first-order valence-electron chi connectivity index (χ1n) is 7.14. The molecule has 0 aliphatic rings. The number of nitrogens with two attached hydrogens (primary N) is 1. The molecule has 0 spiro atoms. The van der Waals surface area contributed by atoms with E-state index in [1.807, 2.05) is 37.3 Å². The highest BCUT2D eigenvalue weighted by Gasteiger charge is 2.16. The molecule has 0 aromatic heterocycles. The van der Waals surface area contributed by atoms with Crippen LogP contribution in [-0.2, 0) is 21.1 Å². The molecule has 1 unspecified atom stereocenters. The Labute approximate surface area is 126 Å². The lowest BCUT2D eigenvalue weighted by Gasteiger charge is -2.10. The summed E-state index contributed by atoms with van der Waals surface area (Å²) in [6.45, 7) is 2.77. The molecule has 0 radical (unpaired) electrons. The van der Waals surface area contributed by atoms with Crippen LogP contribution in [0.3, 0.4) is 0 Å². The Morgan fingerprint density at radius 2 is 1.95 bits per heavy atom. The van der Waals surface area contributed by atoms with Crippen LogP contribution in [0.25, 0.3) is 0 Å². The first-order chi connectivity index (χ1) is 9.93. The fraction of sp³-hybridized carbons (Fsp3) is 0.533. The fourth-order valence-electron chi connectivity index (χ4n) is 1.84. The molecule has 1 rings (SSSR count). The maximum atomic E-state index is 11.9. The normalized spacial score (nSPS) is 12.9. The summed E-state index contributed by atoms with van der Waals surface area (Å²) in [4.78, 5) is 11.6. The van der Waals surface area contributed by atoms with Crippen molar-refractivity contribution in [3.8, 4) is 0 Å². The van der Waals surface area contributed by atoms with Crippen LogP contribution < -0.4 is 11.1 Å². The number of nitrogens with one attached hydrogen (secondary N) is 1. The van der Waals surface area contributed by atoms with E-state index in [9.17, 15) is 13.2 Å². The zero-order valence-corrected chi connectivity index (χ0v) is 13.2. The molecule has 1 amide bonds. The van der Waals surface area contributed by atoms with Crippen molar-refractivity contribution < 1.29 is 13.2 Å². The number of sulfone groups is 1. The summed E-state index contributed by atoms with van der Waals surface area (Å²) in [5.74, 6) is -0.717. The van der Waals surface area contributed by atoms with E-state index >= 15 is 0 Å². The largest absolute Gasteiger partial charge is 0.355 e. The van der Waals surface area contributed by atoms with Crippen LogP contribution in [0.2, 0.25) is 0 Å². The second-order valence-corrected chi connectivity index (χ2v) is 7.51. The van der Waals surface area contributed by atoms with E-state index in [1.54, 1.807) is 0 Å². The van der Waals surface area contributed by atoms with Gasteiger partial charge >= 0.3 is 0 Å². The van der Waals surface area contributed by atoms with E-state index in [2.05, 4.69) is 5.32 Å². The summed E-state index contributed by atoms with van der Waals surface area (Å²) >= 11 is 0. The minimum atomic E-state index is -3.35. The molecule has 21 heavy (non-hydrogen) atoms. The Bertz CT molecular complexity index is 529. The number of hydrogen-bond donors (Lipinski definition) is 2. The molecule has 1 aromatic rings.